The molecule has 0 saturated carbocycles. The first-order valence-electron chi connectivity index (χ1n) is 9.88. The number of sulfonamides is 1. The van der Waals surface area contributed by atoms with Gasteiger partial charge in [-0.25, -0.2) is 8.42 Å². The molecule has 1 atom stereocenters. The van der Waals surface area contributed by atoms with E-state index in [9.17, 15) is 23.3 Å². The van der Waals surface area contributed by atoms with E-state index in [0.717, 1.165) is 0 Å². The number of nitriles is 1. The molecule has 31 heavy (non-hydrogen) atoms. The van der Waals surface area contributed by atoms with Crippen LogP contribution in [-0.4, -0.2) is 61.7 Å². The van der Waals surface area contributed by atoms with Gasteiger partial charge in [-0.2, -0.15) is 9.57 Å². The minimum absolute atomic E-state index is 0.0388. The highest BCUT2D eigenvalue weighted by Crippen LogP contribution is 2.21. The number of nitrogens with zero attached hydrogens (tertiary/aromatic N) is 3. The Morgan fingerprint density at radius 2 is 1.77 bits per heavy atom. The molecule has 164 valence electrons. The van der Waals surface area contributed by atoms with Crippen molar-refractivity contribution in [2.75, 3.05) is 26.2 Å². The van der Waals surface area contributed by atoms with E-state index >= 15 is 0 Å². The molecule has 1 N–H and O–H groups in total. The summed E-state index contributed by atoms with van der Waals surface area (Å²) >= 11 is 0. The van der Waals surface area contributed by atoms with Crippen LogP contribution in [0.2, 0.25) is 0 Å². The number of piperazine rings is 1. The third-order valence-electron chi connectivity index (χ3n) is 5.14. The van der Waals surface area contributed by atoms with E-state index in [1.165, 1.54) is 28.8 Å². The SMILES string of the molecule is CC(C)[C@H](NC(=O)c1ccco1)C(=O)N1CCN(S(=O)(=O)c2ccccc2C#N)CC1. The van der Waals surface area contributed by atoms with Crippen LogP contribution in [0.25, 0.3) is 0 Å². The number of nitrogens with one attached hydrogen (secondary N) is 1. The van der Waals surface area contributed by atoms with Crippen LogP contribution in [-0.2, 0) is 14.8 Å². The second-order valence-electron chi connectivity index (χ2n) is 7.51. The Morgan fingerprint density at radius 3 is 2.35 bits per heavy atom. The van der Waals surface area contributed by atoms with E-state index < -0.39 is 22.0 Å². The Kier molecular flexibility index (Phi) is 6.77. The second kappa shape index (κ2) is 9.32. The van der Waals surface area contributed by atoms with Crippen LogP contribution >= 0.6 is 0 Å². The lowest BCUT2D eigenvalue weighted by Crippen LogP contribution is -2.57. The summed E-state index contributed by atoms with van der Waals surface area (Å²) in [7, 11) is -3.85. The highest BCUT2D eigenvalue weighted by molar-refractivity contribution is 7.89. The maximum atomic E-state index is 13.0. The highest BCUT2D eigenvalue weighted by atomic mass is 32.2. The van der Waals surface area contributed by atoms with E-state index in [1.807, 2.05) is 19.9 Å². The molecule has 3 rings (SSSR count). The van der Waals surface area contributed by atoms with E-state index in [2.05, 4.69) is 5.32 Å². The van der Waals surface area contributed by atoms with Crippen molar-refractivity contribution in [2.45, 2.75) is 24.8 Å². The molecule has 1 aromatic heterocycles. The van der Waals surface area contributed by atoms with Crippen molar-refractivity contribution in [2.24, 2.45) is 5.92 Å². The van der Waals surface area contributed by atoms with E-state index in [0.29, 0.717) is 0 Å². The van der Waals surface area contributed by atoms with Gasteiger partial charge in [-0.15, -0.1) is 0 Å². The van der Waals surface area contributed by atoms with Crippen molar-refractivity contribution >= 4 is 21.8 Å². The molecule has 0 unspecified atom stereocenters. The van der Waals surface area contributed by atoms with Gasteiger partial charge in [0.1, 0.15) is 12.1 Å². The zero-order valence-corrected chi connectivity index (χ0v) is 18.1. The first-order chi connectivity index (χ1) is 14.8. The molecule has 9 nitrogen and oxygen atoms in total. The number of hydrogen-bond acceptors (Lipinski definition) is 6. The summed E-state index contributed by atoms with van der Waals surface area (Å²) in [5, 5.41) is 11.9. The monoisotopic (exact) mass is 444 g/mol. The minimum Gasteiger partial charge on any atom is -0.459 e. The van der Waals surface area contributed by atoms with E-state index in [4.69, 9.17) is 4.42 Å². The summed E-state index contributed by atoms with van der Waals surface area (Å²) in [6.07, 6.45) is 1.38. The molecule has 1 aromatic carbocycles. The van der Waals surface area contributed by atoms with Crippen LogP contribution in [0.1, 0.15) is 30.0 Å². The van der Waals surface area contributed by atoms with Crippen molar-refractivity contribution in [1.82, 2.24) is 14.5 Å². The van der Waals surface area contributed by atoms with Gasteiger partial charge in [0, 0.05) is 26.2 Å². The van der Waals surface area contributed by atoms with Crippen LogP contribution in [0.3, 0.4) is 0 Å². The smallest absolute Gasteiger partial charge is 0.287 e. The lowest BCUT2D eigenvalue weighted by Gasteiger charge is -2.36. The van der Waals surface area contributed by atoms with Gasteiger partial charge >= 0.3 is 0 Å². The van der Waals surface area contributed by atoms with Crippen molar-refractivity contribution in [3.8, 4) is 6.07 Å². The molecule has 1 aliphatic heterocycles. The lowest BCUT2D eigenvalue weighted by atomic mass is 10.0. The van der Waals surface area contributed by atoms with Gasteiger partial charge in [-0.3, -0.25) is 9.59 Å². The second-order valence-corrected chi connectivity index (χ2v) is 9.42. The average molecular weight is 445 g/mol. The predicted octanol–water partition coefficient (Wildman–Crippen LogP) is 1.44. The van der Waals surface area contributed by atoms with Crippen LogP contribution < -0.4 is 5.32 Å². The number of benzene rings is 1. The van der Waals surface area contributed by atoms with Crippen molar-refractivity contribution in [3.05, 3.63) is 54.0 Å². The van der Waals surface area contributed by atoms with Crippen LogP contribution in [0.4, 0.5) is 0 Å². The van der Waals surface area contributed by atoms with Crippen molar-refractivity contribution in [3.63, 3.8) is 0 Å². The topological polar surface area (TPSA) is 124 Å². The lowest BCUT2D eigenvalue weighted by molar-refractivity contribution is -0.135. The predicted molar refractivity (Wildman–Crippen MR) is 111 cm³/mol. The average Bonchev–Trinajstić information content (AvgIpc) is 3.32. The van der Waals surface area contributed by atoms with Crippen LogP contribution in [0.15, 0.2) is 52.0 Å². The summed E-state index contributed by atoms with van der Waals surface area (Å²) in [6, 6.07) is 10.3. The zero-order valence-electron chi connectivity index (χ0n) is 17.3. The van der Waals surface area contributed by atoms with Crippen molar-refractivity contribution in [1.29, 1.82) is 5.26 Å². The molecule has 2 amide bonds. The van der Waals surface area contributed by atoms with E-state index in [-0.39, 0.29) is 54.2 Å². The molecule has 0 radical (unpaired) electrons. The van der Waals surface area contributed by atoms with Gasteiger partial charge < -0.3 is 14.6 Å². The molecule has 2 heterocycles. The first-order valence-corrected chi connectivity index (χ1v) is 11.3. The summed E-state index contributed by atoms with van der Waals surface area (Å²) in [6.45, 7) is 4.23. The summed E-state index contributed by atoms with van der Waals surface area (Å²) in [5.41, 5.74) is 0.0847. The minimum atomic E-state index is -3.85. The zero-order chi connectivity index (χ0) is 22.6. The van der Waals surface area contributed by atoms with Gasteiger partial charge in [0.05, 0.1) is 16.7 Å². The third kappa shape index (κ3) is 4.78. The largest absolute Gasteiger partial charge is 0.459 e. The normalized spacial score (nSPS) is 16.0. The van der Waals surface area contributed by atoms with Crippen LogP contribution in [0.5, 0.6) is 0 Å². The summed E-state index contributed by atoms with van der Waals surface area (Å²) in [4.78, 5) is 26.9. The Labute approximate surface area is 181 Å². The van der Waals surface area contributed by atoms with Gasteiger partial charge in [0.15, 0.2) is 5.76 Å². The quantitative estimate of drug-likeness (QED) is 0.719. The number of carbonyl (C=O) groups excluding carboxylic acids is 2. The molecular formula is C21H24N4O5S. The standard InChI is InChI=1S/C21H24N4O5S/c1-15(2)19(23-20(26)17-7-5-13-30-17)21(27)24-9-11-25(12-10-24)31(28,29)18-8-4-3-6-16(18)14-22/h3-8,13,15,19H,9-12H2,1-2H3,(H,23,26)/t19-/m0/s1. The molecule has 0 spiro atoms. The van der Waals surface area contributed by atoms with E-state index in [1.54, 1.807) is 23.1 Å². The maximum absolute atomic E-state index is 13.0. The molecular weight excluding hydrogens is 420 g/mol. The number of amides is 2. The molecule has 10 heteroatoms. The fourth-order valence-electron chi connectivity index (χ4n) is 3.40. The fourth-order valence-corrected chi connectivity index (χ4v) is 4.97. The molecule has 1 fully saturated rings. The molecule has 0 aliphatic carbocycles. The number of furan rings is 1. The molecule has 1 saturated heterocycles. The van der Waals surface area contributed by atoms with Gasteiger partial charge in [0.2, 0.25) is 15.9 Å². The van der Waals surface area contributed by atoms with Gasteiger partial charge in [0.25, 0.3) is 5.91 Å². The van der Waals surface area contributed by atoms with Gasteiger partial charge in [-0.1, -0.05) is 26.0 Å². The van der Waals surface area contributed by atoms with Gasteiger partial charge in [-0.05, 0) is 30.2 Å². The Hall–Kier alpha value is -3.16. The molecule has 1 aliphatic rings. The third-order valence-corrected chi connectivity index (χ3v) is 7.10. The summed E-state index contributed by atoms with van der Waals surface area (Å²) < 4.78 is 32.3. The van der Waals surface area contributed by atoms with Crippen LogP contribution in [0, 0.1) is 17.2 Å². The Morgan fingerprint density at radius 1 is 1.10 bits per heavy atom. The number of rotatable bonds is 6. The first kappa shape index (κ1) is 22.5. The summed E-state index contributed by atoms with van der Waals surface area (Å²) in [5.74, 6) is -0.808. The molecule has 2 aromatic rings. The highest BCUT2D eigenvalue weighted by Gasteiger charge is 2.35. The Balaban J connectivity index is 1.68. The number of carbonyl (C=O) groups is 2. The number of hydrogen-bond donors (Lipinski definition) is 1. The fraction of sp³-hybridized carbons (Fsp3) is 0.381. The Bertz CT molecular complexity index is 1080. The maximum Gasteiger partial charge on any atom is 0.287 e. The van der Waals surface area contributed by atoms with Crippen molar-refractivity contribution < 1.29 is 22.4 Å². The molecule has 0 bridgehead atoms.